The van der Waals surface area contributed by atoms with Gasteiger partial charge in [-0.05, 0) is 41.0 Å². The molecule has 0 saturated carbocycles. The Hall–Kier alpha value is -1.10. The largest absolute Gasteiger partial charge is 0.444 e. The Bertz CT molecular complexity index is 550. The number of nitrogens with one attached hydrogen (secondary N) is 3. The highest BCUT2D eigenvalue weighted by Gasteiger charge is 2.15. The van der Waals surface area contributed by atoms with Crippen LogP contribution in [0.25, 0.3) is 0 Å². The SMILES string of the molecule is CN=C(NCCCNC(=O)OC(C)(C)C)NCc1nc(C)c(C)s1.I. The van der Waals surface area contributed by atoms with Crippen molar-refractivity contribution in [1.82, 2.24) is 20.9 Å². The third-order valence-corrected chi connectivity index (χ3v) is 4.09. The van der Waals surface area contributed by atoms with Gasteiger partial charge in [0.25, 0.3) is 0 Å². The molecule has 3 N–H and O–H groups in total. The number of nitrogens with zero attached hydrogens (tertiary/aromatic N) is 2. The van der Waals surface area contributed by atoms with E-state index in [1.54, 1.807) is 18.4 Å². The first kappa shape index (κ1) is 23.9. The lowest BCUT2D eigenvalue weighted by molar-refractivity contribution is 0.0527. The summed E-state index contributed by atoms with van der Waals surface area (Å²) >= 11 is 1.69. The monoisotopic (exact) mass is 483 g/mol. The Balaban J connectivity index is 0.00000576. The summed E-state index contributed by atoms with van der Waals surface area (Å²) in [5, 5.41) is 10.2. The molecular weight excluding hydrogens is 453 g/mol. The smallest absolute Gasteiger partial charge is 0.407 e. The minimum Gasteiger partial charge on any atom is -0.444 e. The lowest BCUT2D eigenvalue weighted by Gasteiger charge is -2.19. The van der Waals surface area contributed by atoms with Crippen molar-refractivity contribution in [2.75, 3.05) is 20.1 Å². The summed E-state index contributed by atoms with van der Waals surface area (Å²) in [4.78, 5) is 21.4. The van der Waals surface area contributed by atoms with Crippen LogP contribution in [0.15, 0.2) is 4.99 Å². The van der Waals surface area contributed by atoms with Gasteiger partial charge in [-0.15, -0.1) is 35.3 Å². The Morgan fingerprint density at radius 2 is 1.84 bits per heavy atom. The van der Waals surface area contributed by atoms with Crippen LogP contribution in [0.4, 0.5) is 4.79 Å². The number of rotatable bonds is 6. The third-order valence-electron chi connectivity index (χ3n) is 3.02. The zero-order valence-corrected chi connectivity index (χ0v) is 19.0. The number of hydrogen-bond acceptors (Lipinski definition) is 5. The fourth-order valence-corrected chi connectivity index (χ4v) is 2.67. The lowest BCUT2D eigenvalue weighted by atomic mass is 10.2. The molecule has 144 valence electrons. The molecule has 1 heterocycles. The molecule has 0 atom stereocenters. The molecule has 0 radical (unpaired) electrons. The van der Waals surface area contributed by atoms with E-state index in [1.165, 1.54) is 4.88 Å². The molecule has 0 aliphatic carbocycles. The number of halogens is 1. The predicted molar refractivity (Wildman–Crippen MR) is 114 cm³/mol. The van der Waals surface area contributed by atoms with E-state index in [2.05, 4.69) is 32.9 Å². The van der Waals surface area contributed by atoms with Gasteiger partial charge in [0.1, 0.15) is 10.6 Å². The lowest BCUT2D eigenvalue weighted by Crippen LogP contribution is -2.39. The van der Waals surface area contributed by atoms with Crippen LogP contribution >= 0.6 is 35.3 Å². The maximum Gasteiger partial charge on any atom is 0.407 e. The molecule has 0 aliphatic rings. The van der Waals surface area contributed by atoms with Crippen LogP contribution in [0.1, 0.15) is 42.8 Å². The van der Waals surface area contributed by atoms with E-state index in [0.29, 0.717) is 19.6 Å². The summed E-state index contributed by atoms with van der Waals surface area (Å²) in [7, 11) is 1.73. The zero-order chi connectivity index (χ0) is 18.2. The van der Waals surface area contributed by atoms with Gasteiger partial charge >= 0.3 is 6.09 Å². The highest BCUT2D eigenvalue weighted by molar-refractivity contribution is 14.0. The summed E-state index contributed by atoms with van der Waals surface area (Å²) < 4.78 is 5.17. The van der Waals surface area contributed by atoms with Crippen LogP contribution in [-0.2, 0) is 11.3 Å². The van der Waals surface area contributed by atoms with Crippen molar-refractivity contribution in [2.45, 2.75) is 53.2 Å². The number of aliphatic imine (C=N–C) groups is 1. The van der Waals surface area contributed by atoms with Crippen LogP contribution in [0.3, 0.4) is 0 Å². The molecule has 1 rings (SSSR count). The molecule has 0 fully saturated rings. The van der Waals surface area contributed by atoms with Crippen molar-refractivity contribution in [1.29, 1.82) is 0 Å². The van der Waals surface area contributed by atoms with Gasteiger partial charge in [-0.1, -0.05) is 0 Å². The first-order valence-corrected chi connectivity index (χ1v) is 8.87. The quantitative estimate of drug-likeness (QED) is 0.251. The van der Waals surface area contributed by atoms with Crippen molar-refractivity contribution in [3.8, 4) is 0 Å². The van der Waals surface area contributed by atoms with Crippen LogP contribution in [0.5, 0.6) is 0 Å². The predicted octanol–water partition coefficient (Wildman–Crippen LogP) is 2.96. The first-order chi connectivity index (χ1) is 11.2. The van der Waals surface area contributed by atoms with Crippen LogP contribution in [0, 0.1) is 13.8 Å². The fraction of sp³-hybridized carbons (Fsp3) is 0.688. The second-order valence-electron chi connectivity index (χ2n) is 6.38. The number of carbonyl (C=O) groups excluding carboxylic acids is 1. The highest BCUT2D eigenvalue weighted by atomic mass is 127. The summed E-state index contributed by atoms with van der Waals surface area (Å²) in [6.45, 7) is 11.5. The van der Waals surface area contributed by atoms with E-state index in [0.717, 1.165) is 23.1 Å². The van der Waals surface area contributed by atoms with E-state index in [1.807, 2.05) is 27.7 Å². The van der Waals surface area contributed by atoms with Gasteiger partial charge in [0.15, 0.2) is 5.96 Å². The molecule has 0 aliphatic heterocycles. The minimum absolute atomic E-state index is 0. The average molecular weight is 483 g/mol. The average Bonchev–Trinajstić information content (AvgIpc) is 2.78. The van der Waals surface area contributed by atoms with Crippen molar-refractivity contribution >= 4 is 47.4 Å². The molecule has 0 unspecified atom stereocenters. The normalized spacial score (nSPS) is 11.5. The Morgan fingerprint density at radius 1 is 1.20 bits per heavy atom. The van der Waals surface area contributed by atoms with Crippen LogP contribution in [0.2, 0.25) is 0 Å². The maximum atomic E-state index is 11.5. The second kappa shape index (κ2) is 11.5. The van der Waals surface area contributed by atoms with Crippen molar-refractivity contribution in [3.63, 3.8) is 0 Å². The molecule has 25 heavy (non-hydrogen) atoms. The van der Waals surface area contributed by atoms with Crippen LogP contribution < -0.4 is 16.0 Å². The fourth-order valence-electron chi connectivity index (χ4n) is 1.79. The molecule has 7 nitrogen and oxygen atoms in total. The Labute approximate surface area is 171 Å². The van der Waals surface area contributed by atoms with Gasteiger partial charge in [-0.25, -0.2) is 9.78 Å². The van der Waals surface area contributed by atoms with Gasteiger partial charge in [0.2, 0.25) is 0 Å². The second-order valence-corrected chi connectivity index (χ2v) is 7.67. The van der Waals surface area contributed by atoms with E-state index in [9.17, 15) is 4.79 Å². The Morgan fingerprint density at radius 3 is 2.36 bits per heavy atom. The van der Waals surface area contributed by atoms with E-state index < -0.39 is 5.60 Å². The minimum atomic E-state index is -0.471. The summed E-state index contributed by atoms with van der Waals surface area (Å²) in [5.74, 6) is 0.720. The number of alkyl carbamates (subject to hydrolysis) is 1. The maximum absolute atomic E-state index is 11.5. The Kier molecular flexibility index (Phi) is 11.0. The van der Waals surface area contributed by atoms with Crippen molar-refractivity contribution in [2.24, 2.45) is 4.99 Å². The highest BCUT2D eigenvalue weighted by Crippen LogP contribution is 2.15. The molecule has 0 saturated heterocycles. The van der Waals surface area contributed by atoms with Gasteiger partial charge in [-0.2, -0.15) is 0 Å². The van der Waals surface area contributed by atoms with E-state index in [-0.39, 0.29) is 30.1 Å². The van der Waals surface area contributed by atoms with E-state index in [4.69, 9.17) is 4.74 Å². The number of amides is 1. The standard InChI is InChI=1S/C16H29N5O2S.HI/c1-11-12(2)24-13(21-11)10-20-14(17-6)18-8-7-9-19-15(22)23-16(3,4)5;/h7-10H2,1-6H3,(H,19,22)(H2,17,18,20);1H. The molecule has 1 aromatic rings. The van der Waals surface area contributed by atoms with Crippen LogP contribution in [-0.4, -0.2) is 42.8 Å². The number of aryl methyl sites for hydroxylation is 2. The van der Waals surface area contributed by atoms with Crippen molar-refractivity contribution < 1.29 is 9.53 Å². The number of aromatic nitrogens is 1. The molecule has 1 aromatic heterocycles. The van der Waals surface area contributed by atoms with Gasteiger partial charge in [-0.3, -0.25) is 4.99 Å². The van der Waals surface area contributed by atoms with Gasteiger partial charge in [0.05, 0.1) is 12.2 Å². The summed E-state index contributed by atoms with van der Waals surface area (Å²) in [6.07, 6.45) is 0.384. The van der Waals surface area contributed by atoms with E-state index >= 15 is 0 Å². The molecule has 0 spiro atoms. The van der Waals surface area contributed by atoms with Crippen molar-refractivity contribution in [3.05, 3.63) is 15.6 Å². The number of thiazole rings is 1. The summed E-state index contributed by atoms with van der Waals surface area (Å²) in [6, 6.07) is 0. The number of guanidine groups is 1. The van der Waals surface area contributed by atoms with Gasteiger partial charge < -0.3 is 20.7 Å². The molecular formula is C16H30IN5O2S. The van der Waals surface area contributed by atoms with Gasteiger partial charge in [0, 0.05) is 25.0 Å². The zero-order valence-electron chi connectivity index (χ0n) is 15.9. The topological polar surface area (TPSA) is 87.6 Å². The number of carbonyl (C=O) groups is 1. The number of hydrogen-bond donors (Lipinski definition) is 3. The third kappa shape index (κ3) is 10.5. The summed E-state index contributed by atoms with van der Waals surface area (Å²) in [5.41, 5.74) is 0.605. The molecule has 1 amide bonds. The first-order valence-electron chi connectivity index (χ1n) is 8.05. The number of ether oxygens (including phenoxy) is 1. The molecule has 0 bridgehead atoms. The molecule has 9 heteroatoms. The molecule has 0 aromatic carbocycles.